The molecule has 1 aliphatic rings. The van der Waals surface area contributed by atoms with E-state index in [9.17, 15) is 13.5 Å². The lowest BCUT2D eigenvalue weighted by Crippen LogP contribution is -2.41. The standard InChI is InChI=1S/C12H23N3O4S/c1-12(2,3)19-11(16)13-20(17,18)15-8-6-10(7-9-15)14(4)5/h6-9H2,1-5H3. The van der Waals surface area contributed by atoms with Crippen molar-refractivity contribution in [2.24, 2.45) is 4.40 Å². The van der Waals surface area contributed by atoms with Crippen LogP contribution in [0.4, 0.5) is 0 Å². The highest BCUT2D eigenvalue weighted by Gasteiger charge is 2.28. The highest BCUT2D eigenvalue weighted by Crippen LogP contribution is 2.14. The molecule has 0 unspecified atom stereocenters. The van der Waals surface area contributed by atoms with Crippen molar-refractivity contribution in [3.8, 4) is 0 Å². The molecule has 20 heavy (non-hydrogen) atoms. The minimum atomic E-state index is -3.95. The Morgan fingerprint density at radius 3 is 2.20 bits per heavy atom. The van der Waals surface area contributed by atoms with Gasteiger partial charge in [0.05, 0.1) is 0 Å². The van der Waals surface area contributed by atoms with Gasteiger partial charge in [-0.15, -0.1) is 4.40 Å². The van der Waals surface area contributed by atoms with Gasteiger partial charge in [0.1, 0.15) is 14.1 Å². The smallest absolute Gasteiger partial charge is 0.324 e. The minimum absolute atomic E-state index is 0.335. The second kappa shape index (κ2) is 6.09. The Morgan fingerprint density at radius 1 is 1.30 bits per heavy atom. The summed E-state index contributed by atoms with van der Waals surface area (Å²) in [5.41, 5.74) is 0.429. The molecule has 0 aromatic carbocycles. The van der Waals surface area contributed by atoms with Gasteiger partial charge in [0.15, 0.2) is 11.8 Å². The van der Waals surface area contributed by atoms with Crippen molar-refractivity contribution in [2.45, 2.75) is 39.2 Å². The van der Waals surface area contributed by atoms with Crippen LogP contribution >= 0.6 is 0 Å². The van der Waals surface area contributed by atoms with Crippen LogP contribution in [0, 0.1) is 0 Å². The van der Waals surface area contributed by atoms with Crippen LogP contribution < -0.4 is 5.11 Å². The minimum Gasteiger partial charge on any atom is -0.594 e. The lowest BCUT2D eigenvalue weighted by Gasteiger charge is -2.30. The summed E-state index contributed by atoms with van der Waals surface area (Å²) < 4.78 is 35.3. The van der Waals surface area contributed by atoms with Gasteiger partial charge in [-0.25, -0.2) is 4.58 Å². The molecule has 0 radical (unpaired) electrons. The summed E-state index contributed by atoms with van der Waals surface area (Å²) in [5.74, 6) is 0. The van der Waals surface area contributed by atoms with E-state index < -0.39 is 21.9 Å². The third-order valence-corrected chi connectivity index (χ3v) is 4.24. The van der Waals surface area contributed by atoms with E-state index in [1.807, 2.05) is 18.7 Å². The molecule has 0 aliphatic carbocycles. The van der Waals surface area contributed by atoms with E-state index in [1.165, 1.54) is 10.0 Å². The zero-order valence-electron chi connectivity index (χ0n) is 12.7. The SMILES string of the molecule is C[N+](C)=C1CCN(S(=O)(=O)/N=C(/[O-])OC(C)(C)C)CC1. The van der Waals surface area contributed by atoms with Crippen molar-refractivity contribution in [1.29, 1.82) is 0 Å². The van der Waals surface area contributed by atoms with Crippen LogP contribution in [0.2, 0.25) is 0 Å². The first-order valence-corrected chi connectivity index (χ1v) is 7.89. The Labute approximate surface area is 120 Å². The fourth-order valence-corrected chi connectivity index (χ4v) is 2.84. The summed E-state index contributed by atoms with van der Waals surface area (Å²) in [4.78, 5) is 0. The molecule has 0 amide bonds. The van der Waals surface area contributed by atoms with E-state index in [0.29, 0.717) is 25.9 Å². The largest absolute Gasteiger partial charge is 0.594 e. The molecular formula is C12H23N3O4S. The molecule has 1 fully saturated rings. The number of hydrogen-bond acceptors (Lipinski definition) is 4. The Bertz CT molecular complexity index is 503. The van der Waals surface area contributed by atoms with Gasteiger partial charge in [-0.1, -0.05) is 20.8 Å². The molecule has 0 aromatic rings. The number of rotatable bonds is 2. The van der Waals surface area contributed by atoms with Gasteiger partial charge in [0, 0.05) is 31.5 Å². The van der Waals surface area contributed by atoms with E-state index in [4.69, 9.17) is 4.74 Å². The molecule has 8 heteroatoms. The lowest BCUT2D eigenvalue weighted by molar-refractivity contribution is -0.467. The van der Waals surface area contributed by atoms with E-state index in [0.717, 1.165) is 0 Å². The summed E-state index contributed by atoms with van der Waals surface area (Å²) in [6.07, 6.45) is 0.228. The molecule has 1 aliphatic heterocycles. The van der Waals surface area contributed by atoms with Crippen LogP contribution in [0.1, 0.15) is 33.6 Å². The number of piperidine rings is 1. The molecule has 0 aromatic heterocycles. The molecule has 0 saturated carbocycles. The average Bonchev–Trinajstić information content (AvgIpc) is 2.25. The Hall–Kier alpha value is -1.15. The molecule has 1 heterocycles. The summed E-state index contributed by atoms with van der Waals surface area (Å²) >= 11 is 0. The molecular weight excluding hydrogens is 282 g/mol. The maximum atomic E-state index is 12.0. The molecule has 0 bridgehead atoms. The Morgan fingerprint density at radius 2 is 1.80 bits per heavy atom. The van der Waals surface area contributed by atoms with Crippen LogP contribution in [0.3, 0.4) is 0 Å². The Kier molecular flexibility index (Phi) is 5.15. The molecule has 1 saturated heterocycles. The zero-order valence-corrected chi connectivity index (χ0v) is 13.5. The molecule has 7 nitrogen and oxygen atoms in total. The predicted molar refractivity (Wildman–Crippen MR) is 75.1 cm³/mol. The highest BCUT2D eigenvalue weighted by atomic mass is 32.2. The first kappa shape index (κ1) is 16.9. The summed E-state index contributed by atoms with van der Waals surface area (Å²) in [6, 6.07) is 0. The van der Waals surface area contributed by atoms with Gasteiger partial charge in [-0.2, -0.15) is 12.7 Å². The third-order valence-electron chi connectivity index (χ3n) is 2.84. The Balaban J connectivity index is 2.77. The maximum absolute atomic E-state index is 12.0. The van der Waals surface area contributed by atoms with Crippen molar-refractivity contribution < 1.29 is 22.8 Å². The van der Waals surface area contributed by atoms with Crippen molar-refractivity contribution >= 4 is 22.0 Å². The molecule has 0 spiro atoms. The highest BCUT2D eigenvalue weighted by molar-refractivity contribution is 7.87. The van der Waals surface area contributed by atoms with Gasteiger partial charge in [-0.05, 0) is 0 Å². The lowest BCUT2D eigenvalue weighted by atomic mass is 10.1. The van der Waals surface area contributed by atoms with Crippen LogP contribution in [0.5, 0.6) is 0 Å². The van der Waals surface area contributed by atoms with E-state index in [2.05, 4.69) is 4.40 Å². The van der Waals surface area contributed by atoms with Crippen molar-refractivity contribution in [3.63, 3.8) is 0 Å². The normalized spacial score (nSPS) is 19.1. The van der Waals surface area contributed by atoms with Crippen LogP contribution in [-0.2, 0) is 14.9 Å². The summed E-state index contributed by atoms with van der Waals surface area (Å²) in [5, 5.41) is 11.5. The van der Waals surface area contributed by atoms with Crippen LogP contribution in [-0.4, -0.2) is 61.9 Å². The van der Waals surface area contributed by atoms with Gasteiger partial charge in [0.25, 0.3) is 0 Å². The number of nitrogens with zero attached hydrogens (tertiary/aromatic N) is 3. The van der Waals surface area contributed by atoms with E-state index in [-0.39, 0.29) is 0 Å². The van der Waals surface area contributed by atoms with Gasteiger partial charge < -0.3 is 9.84 Å². The van der Waals surface area contributed by atoms with Crippen molar-refractivity contribution in [1.82, 2.24) is 4.31 Å². The number of hydrogen-bond donors (Lipinski definition) is 0. The second-order valence-electron chi connectivity index (χ2n) is 5.91. The fourth-order valence-electron chi connectivity index (χ4n) is 1.85. The molecule has 0 N–H and O–H groups in total. The monoisotopic (exact) mass is 305 g/mol. The quantitative estimate of drug-likeness (QED) is 0.394. The maximum Gasteiger partial charge on any atom is 0.324 e. The van der Waals surface area contributed by atoms with Crippen molar-refractivity contribution in [3.05, 3.63) is 0 Å². The van der Waals surface area contributed by atoms with Crippen molar-refractivity contribution in [2.75, 3.05) is 27.2 Å². The van der Waals surface area contributed by atoms with Crippen LogP contribution in [0.25, 0.3) is 0 Å². The third kappa shape index (κ3) is 5.09. The zero-order chi connectivity index (χ0) is 15.6. The fraction of sp³-hybridized carbons (Fsp3) is 0.833. The number of ether oxygens (including phenoxy) is 1. The summed E-state index contributed by atoms with van der Waals surface area (Å²) in [7, 11) is -0.0820. The first-order valence-electron chi connectivity index (χ1n) is 6.49. The molecule has 116 valence electrons. The summed E-state index contributed by atoms with van der Waals surface area (Å²) in [6.45, 7) is 5.65. The topological polar surface area (TPSA) is 85.0 Å². The predicted octanol–water partition coefficient (Wildman–Crippen LogP) is -0.428. The molecule has 0 atom stereocenters. The van der Waals surface area contributed by atoms with Gasteiger partial charge in [-0.3, -0.25) is 0 Å². The first-order chi connectivity index (χ1) is 9.01. The average molecular weight is 305 g/mol. The van der Waals surface area contributed by atoms with Gasteiger partial charge in [0.2, 0.25) is 0 Å². The van der Waals surface area contributed by atoms with Crippen LogP contribution in [0.15, 0.2) is 4.40 Å². The second-order valence-corrected chi connectivity index (χ2v) is 7.50. The molecule has 1 rings (SSSR count). The van der Waals surface area contributed by atoms with E-state index in [1.54, 1.807) is 20.8 Å². The van der Waals surface area contributed by atoms with E-state index >= 15 is 0 Å². The van der Waals surface area contributed by atoms with Gasteiger partial charge >= 0.3 is 10.2 Å².